The first-order valence-electron chi connectivity index (χ1n) is 8.77. The molecule has 1 fully saturated rings. The van der Waals surface area contributed by atoms with Gasteiger partial charge in [-0.2, -0.15) is 0 Å². The number of hydrogen-bond acceptors (Lipinski definition) is 2. The van der Waals surface area contributed by atoms with Crippen LogP contribution in [0.15, 0.2) is 34.9 Å². The summed E-state index contributed by atoms with van der Waals surface area (Å²) >= 11 is 0. The molecular weight excluding hydrogens is 272 g/mol. The van der Waals surface area contributed by atoms with Crippen LogP contribution in [0.5, 0.6) is 0 Å². The normalized spacial score (nSPS) is 37.9. The smallest absolute Gasteiger partial charge is 0.118 e. The Morgan fingerprint density at radius 3 is 2.64 bits per heavy atom. The summed E-state index contributed by atoms with van der Waals surface area (Å²) in [5, 5.41) is 9.76. The van der Waals surface area contributed by atoms with E-state index < -0.39 is 0 Å². The highest BCUT2D eigenvalue weighted by atomic mass is 16.6. The van der Waals surface area contributed by atoms with E-state index in [1.165, 1.54) is 16.7 Å². The van der Waals surface area contributed by atoms with Crippen LogP contribution >= 0.6 is 0 Å². The molecule has 1 aliphatic carbocycles. The van der Waals surface area contributed by atoms with Crippen molar-refractivity contribution in [3.8, 4) is 0 Å². The fourth-order valence-corrected chi connectivity index (χ4v) is 3.27. The van der Waals surface area contributed by atoms with Gasteiger partial charge >= 0.3 is 0 Å². The third-order valence-corrected chi connectivity index (χ3v) is 5.17. The van der Waals surface area contributed by atoms with Crippen LogP contribution in [0.25, 0.3) is 0 Å². The number of aliphatic hydroxyl groups is 1. The van der Waals surface area contributed by atoms with Crippen LogP contribution in [-0.4, -0.2) is 23.4 Å². The Balaban J connectivity index is 2.16. The van der Waals surface area contributed by atoms with Crippen LogP contribution in [0.3, 0.4) is 0 Å². The van der Waals surface area contributed by atoms with Crippen molar-refractivity contribution in [1.82, 2.24) is 0 Å². The van der Waals surface area contributed by atoms with E-state index in [0.717, 1.165) is 38.5 Å². The summed E-state index contributed by atoms with van der Waals surface area (Å²) in [4.78, 5) is 0. The molecule has 0 aromatic carbocycles. The summed E-state index contributed by atoms with van der Waals surface area (Å²) in [5.74, 6) is 0.548. The molecule has 0 bridgehead atoms. The van der Waals surface area contributed by atoms with Crippen LogP contribution in [-0.2, 0) is 4.74 Å². The summed E-state index contributed by atoms with van der Waals surface area (Å²) in [6, 6.07) is 0. The standard InChI is InChI=1S/C20H32O2/c1-15(2)18-10-8-16(3)6-5-7-17(4)9-11-19-20(14-21,22-19)13-12-18/h7-8,10,15,19,21H,5-6,9,11-14H2,1-4H3/b16-8+,17-7+,18-10+/t19-,20+/m0/s1. The maximum Gasteiger partial charge on any atom is 0.118 e. The molecule has 1 saturated heterocycles. The van der Waals surface area contributed by atoms with Gasteiger partial charge in [-0.3, -0.25) is 0 Å². The van der Waals surface area contributed by atoms with Crippen LogP contribution in [0.2, 0.25) is 0 Å². The molecule has 2 rings (SSSR count). The lowest BCUT2D eigenvalue weighted by Crippen LogP contribution is -2.21. The zero-order valence-electron chi connectivity index (χ0n) is 14.7. The van der Waals surface area contributed by atoms with Gasteiger partial charge in [0.15, 0.2) is 0 Å². The van der Waals surface area contributed by atoms with E-state index in [2.05, 4.69) is 45.9 Å². The first-order chi connectivity index (χ1) is 10.5. The molecular formula is C20H32O2. The molecule has 22 heavy (non-hydrogen) atoms. The molecule has 0 saturated carbocycles. The van der Waals surface area contributed by atoms with Crippen molar-refractivity contribution in [3.05, 3.63) is 34.9 Å². The number of hydrogen-bond donors (Lipinski definition) is 1. The Morgan fingerprint density at radius 1 is 1.18 bits per heavy atom. The maximum atomic E-state index is 9.76. The van der Waals surface area contributed by atoms with Gasteiger partial charge < -0.3 is 9.84 Å². The van der Waals surface area contributed by atoms with Crippen LogP contribution in [0.4, 0.5) is 0 Å². The Hall–Kier alpha value is -0.860. The predicted molar refractivity (Wildman–Crippen MR) is 92.8 cm³/mol. The zero-order chi connectivity index (χ0) is 16.2. The minimum absolute atomic E-state index is 0.153. The number of allylic oxidation sites excluding steroid dienone is 6. The van der Waals surface area contributed by atoms with E-state index in [1.54, 1.807) is 0 Å². The highest BCUT2D eigenvalue weighted by Gasteiger charge is 2.54. The molecule has 2 aliphatic rings. The number of ether oxygens (including phenoxy) is 1. The van der Waals surface area contributed by atoms with Crippen LogP contribution in [0, 0.1) is 5.92 Å². The molecule has 0 amide bonds. The van der Waals surface area contributed by atoms with Crippen molar-refractivity contribution in [2.45, 2.75) is 77.9 Å². The molecule has 2 heteroatoms. The predicted octanol–water partition coefficient (Wildman–Crippen LogP) is 4.95. The van der Waals surface area contributed by atoms with E-state index >= 15 is 0 Å². The molecule has 1 heterocycles. The Labute approximate surface area is 136 Å². The summed E-state index contributed by atoms with van der Waals surface area (Å²) in [5.41, 5.74) is 4.09. The fourth-order valence-electron chi connectivity index (χ4n) is 3.27. The molecule has 0 spiro atoms. The first-order valence-corrected chi connectivity index (χ1v) is 8.77. The summed E-state index contributed by atoms with van der Waals surface area (Å²) in [6.07, 6.45) is 13.5. The average molecular weight is 304 g/mol. The fraction of sp³-hybridized carbons (Fsp3) is 0.700. The van der Waals surface area contributed by atoms with Gasteiger partial charge in [0, 0.05) is 0 Å². The van der Waals surface area contributed by atoms with Crippen LogP contribution < -0.4 is 0 Å². The topological polar surface area (TPSA) is 32.8 Å². The van der Waals surface area contributed by atoms with Gasteiger partial charge in [-0.1, -0.05) is 48.8 Å². The first kappa shape index (κ1) is 17.5. The van der Waals surface area contributed by atoms with Gasteiger partial charge in [0.05, 0.1) is 12.7 Å². The SMILES string of the molecule is C/C1=C\C=C(\C(C)C)CC[C@]2(CO)O[C@H]2CC/C(C)=C/CC1. The average Bonchev–Trinajstić information content (AvgIpc) is 3.18. The van der Waals surface area contributed by atoms with Gasteiger partial charge in [-0.25, -0.2) is 0 Å². The third-order valence-electron chi connectivity index (χ3n) is 5.17. The number of fused-ring (bicyclic) bond motifs is 1. The molecule has 0 radical (unpaired) electrons. The number of epoxide rings is 1. The molecule has 0 unspecified atom stereocenters. The largest absolute Gasteiger partial charge is 0.393 e. The highest BCUT2D eigenvalue weighted by Crippen LogP contribution is 2.44. The van der Waals surface area contributed by atoms with E-state index in [-0.39, 0.29) is 18.3 Å². The van der Waals surface area contributed by atoms with Crippen molar-refractivity contribution in [2.75, 3.05) is 6.61 Å². The molecule has 1 N–H and O–H groups in total. The quantitative estimate of drug-likeness (QED) is 0.578. The highest BCUT2D eigenvalue weighted by molar-refractivity contribution is 5.20. The number of aliphatic hydroxyl groups excluding tert-OH is 1. The minimum atomic E-state index is -0.267. The Kier molecular flexibility index (Phi) is 6.05. The molecule has 0 aromatic heterocycles. The lowest BCUT2D eigenvalue weighted by Gasteiger charge is -2.15. The second kappa shape index (κ2) is 7.61. The Bertz CT molecular complexity index is 470. The van der Waals surface area contributed by atoms with Crippen molar-refractivity contribution in [1.29, 1.82) is 0 Å². The zero-order valence-corrected chi connectivity index (χ0v) is 14.7. The third kappa shape index (κ3) is 4.57. The summed E-state index contributed by atoms with van der Waals surface area (Å²) < 4.78 is 5.91. The lowest BCUT2D eigenvalue weighted by molar-refractivity contribution is 0.163. The van der Waals surface area contributed by atoms with Crippen molar-refractivity contribution < 1.29 is 9.84 Å². The van der Waals surface area contributed by atoms with Gasteiger partial charge in [0.2, 0.25) is 0 Å². The number of rotatable bonds is 2. The minimum Gasteiger partial charge on any atom is -0.393 e. The monoisotopic (exact) mass is 304 g/mol. The van der Waals surface area contributed by atoms with E-state index in [9.17, 15) is 5.11 Å². The van der Waals surface area contributed by atoms with E-state index in [4.69, 9.17) is 4.74 Å². The molecule has 1 aliphatic heterocycles. The van der Waals surface area contributed by atoms with Gasteiger partial charge in [-0.05, 0) is 58.3 Å². The van der Waals surface area contributed by atoms with Gasteiger partial charge in [-0.15, -0.1) is 0 Å². The maximum absolute atomic E-state index is 9.76. The Morgan fingerprint density at radius 2 is 1.95 bits per heavy atom. The molecule has 2 nitrogen and oxygen atoms in total. The van der Waals surface area contributed by atoms with Crippen molar-refractivity contribution >= 4 is 0 Å². The van der Waals surface area contributed by atoms with Crippen molar-refractivity contribution in [2.24, 2.45) is 5.92 Å². The van der Waals surface area contributed by atoms with E-state index in [1.807, 2.05) is 0 Å². The lowest BCUT2D eigenvalue weighted by atomic mass is 9.89. The van der Waals surface area contributed by atoms with Gasteiger partial charge in [0.25, 0.3) is 0 Å². The molecule has 124 valence electrons. The van der Waals surface area contributed by atoms with E-state index in [0.29, 0.717) is 5.92 Å². The second-order valence-corrected chi connectivity index (χ2v) is 7.37. The summed E-state index contributed by atoms with van der Waals surface area (Å²) in [7, 11) is 0. The second-order valence-electron chi connectivity index (χ2n) is 7.37. The van der Waals surface area contributed by atoms with Crippen molar-refractivity contribution in [3.63, 3.8) is 0 Å². The molecule has 2 atom stereocenters. The molecule has 0 aromatic rings. The van der Waals surface area contributed by atoms with Gasteiger partial charge in [0.1, 0.15) is 5.60 Å². The summed E-state index contributed by atoms with van der Waals surface area (Å²) in [6.45, 7) is 9.09. The van der Waals surface area contributed by atoms with Crippen LogP contribution in [0.1, 0.15) is 66.2 Å².